The zero-order chi connectivity index (χ0) is 24.7. The van der Waals surface area contributed by atoms with Crippen LogP contribution in [0.15, 0.2) is 22.4 Å². The zero-order valence-corrected chi connectivity index (χ0v) is 21.4. The molecular formula is C21H32N4O5S2. The summed E-state index contributed by atoms with van der Waals surface area (Å²) in [5.74, 6) is -0.605. The fraction of sp³-hybridized carbons (Fsp3) is 0.571. The summed E-state index contributed by atoms with van der Waals surface area (Å²) in [5, 5.41) is 12.6. The lowest BCUT2D eigenvalue weighted by molar-refractivity contribution is 0.423. The summed E-state index contributed by atoms with van der Waals surface area (Å²) < 4.78 is 49.5. The molecule has 0 saturated carbocycles. The molecule has 0 bridgehead atoms. The first kappa shape index (κ1) is 26.0. The number of nitrogens with zero attached hydrogens (tertiary/aromatic N) is 3. The van der Waals surface area contributed by atoms with Gasteiger partial charge in [-0.25, -0.2) is 16.8 Å². The Bertz CT molecular complexity index is 1140. The first-order valence-electron chi connectivity index (χ1n) is 10.3. The number of aromatic hydroxyl groups is 1. The van der Waals surface area contributed by atoms with E-state index >= 15 is 0 Å². The number of rotatable bonds is 6. The molecule has 178 valence electrons. The number of anilines is 2. The molecule has 11 heteroatoms. The zero-order valence-electron chi connectivity index (χ0n) is 19.8. The highest BCUT2D eigenvalue weighted by atomic mass is 32.2. The Morgan fingerprint density at radius 1 is 0.781 bits per heavy atom. The Balaban J connectivity index is 2.76. The van der Waals surface area contributed by atoms with Gasteiger partial charge in [-0.2, -0.15) is 15.0 Å². The molecule has 1 aromatic carbocycles. The average molecular weight is 485 g/mol. The molecule has 0 aliphatic heterocycles. The number of sulfone groups is 2. The van der Waals surface area contributed by atoms with Crippen LogP contribution >= 0.6 is 0 Å². The number of benzene rings is 1. The third-order valence-electron chi connectivity index (χ3n) is 4.89. The van der Waals surface area contributed by atoms with Gasteiger partial charge in [0.25, 0.3) is 10.3 Å². The maximum Gasteiger partial charge on any atom is 0.252 e. The monoisotopic (exact) mass is 484 g/mol. The predicted octanol–water partition coefficient (Wildman–Crippen LogP) is 3.50. The molecule has 0 spiro atoms. The summed E-state index contributed by atoms with van der Waals surface area (Å²) in [6.07, 6.45) is 0. The van der Waals surface area contributed by atoms with Crippen LogP contribution in [0, 0.1) is 0 Å². The number of hydrogen-bond acceptors (Lipinski definition) is 9. The lowest BCUT2D eigenvalue weighted by atomic mass is 9.79. The van der Waals surface area contributed by atoms with Crippen LogP contribution in [-0.4, -0.2) is 48.4 Å². The Morgan fingerprint density at radius 2 is 1.16 bits per heavy atom. The molecule has 1 heterocycles. The van der Waals surface area contributed by atoms with E-state index in [1.807, 2.05) is 41.5 Å². The van der Waals surface area contributed by atoms with Crippen molar-refractivity contribution in [2.24, 2.45) is 0 Å². The van der Waals surface area contributed by atoms with Crippen LogP contribution in [0.2, 0.25) is 0 Å². The van der Waals surface area contributed by atoms with Crippen molar-refractivity contribution in [3.05, 3.63) is 23.3 Å². The molecule has 2 rings (SSSR count). The van der Waals surface area contributed by atoms with Gasteiger partial charge < -0.3 is 10.4 Å². The summed E-state index contributed by atoms with van der Waals surface area (Å²) in [5.41, 5.74) is 1.04. The van der Waals surface area contributed by atoms with E-state index in [-0.39, 0.29) is 23.2 Å². The molecule has 0 unspecified atom stereocenters. The number of hydrogen-bond donors (Lipinski definition) is 2. The molecule has 0 amide bonds. The predicted molar refractivity (Wildman–Crippen MR) is 124 cm³/mol. The molecule has 0 fully saturated rings. The van der Waals surface area contributed by atoms with Crippen molar-refractivity contribution in [3.8, 4) is 5.75 Å². The van der Waals surface area contributed by atoms with Gasteiger partial charge in [0.2, 0.25) is 25.6 Å². The van der Waals surface area contributed by atoms with Crippen LogP contribution in [0.1, 0.15) is 66.5 Å². The van der Waals surface area contributed by atoms with E-state index in [1.165, 1.54) is 13.8 Å². The van der Waals surface area contributed by atoms with E-state index in [1.54, 1.807) is 12.1 Å². The minimum absolute atomic E-state index is 0.176. The lowest BCUT2D eigenvalue weighted by Gasteiger charge is -2.28. The molecular weight excluding hydrogens is 452 g/mol. The second-order valence-electron chi connectivity index (χ2n) is 9.58. The molecule has 32 heavy (non-hydrogen) atoms. The smallest absolute Gasteiger partial charge is 0.252 e. The molecule has 2 aromatic rings. The van der Waals surface area contributed by atoms with Crippen LogP contribution in [0.4, 0.5) is 11.6 Å². The van der Waals surface area contributed by atoms with Gasteiger partial charge in [0, 0.05) is 16.8 Å². The van der Waals surface area contributed by atoms with Gasteiger partial charge in [-0.15, -0.1) is 0 Å². The fourth-order valence-corrected chi connectivity index (χ4v) is 4.39. The number of phenols is 1. The Morgan fingerprint density at radius 3 is 1.47 bits per heavy atom. The highest BCUT2D eigenvalue weighted by molar-refractivity contribution is 7.91. The van der Waals surface area contributed by atoms with E-state index in [9.17, 15) is 21.9 Å². The third-order valence-corrected chi connectivity index (χ3v) is 7.89. The standard InChI is InChI=1S/C21H32N4O5S2/c1-9-31(27,28)18-23-17(24-19(25-18)32(29,30)10-2)22-13-11-14(20(3,4)5)16(26)15(12-13)21(6,7)8/h11-12,26H,9-10H2,1-8H3,(H,22,23,24,25). The van der Waals surface area contributed by atoms with E-state index in [2.05, 4.69) is 20.3 Å². The molecule has 9 nitrogen and oxygen atoms in total. The Labute approximate surface area is 190 Å². The van der Waals surface area contributed by atoms with Crippen LogP contribution in [0.3, 0.4) is 0 Å². The van der Waals surface area contributed by atoms with Crippen molar-refractivity contribution >= 4 is 31.3 Å². The van der Waals surface area contributed by atoms with Crippen LogP contribution in [0.25, 0.3) is 0 Å². The van der Waals surface area contributed by atoms with Gasteiger partial charge in [0.1, 0.15) is 5.75 Å². The molecule has 0 aliphatic rings. The van der Waals surface area contributed by atoms with Crippen molar-refractivity contribution < 1.29 is 21.9 Å². The van der Waals surface area contributed by atoms with Crippen LogP contribution < -0.4 is 5.32 Å². The minimum atomic E-state index is -3.88. The maximum absolute atomic E-state index is 12.4. The summed E-state index contributed by atoms with van der Waals surface area (Å²) in [4.78, 5) is 11.7. The Hall–Kier alpha value is -2.27. The normalized spacial score (nSPS) is 13.2. The second kappa shape index (κ2) is 8.58. The molecule has 2 N–H and O–H groups in total. The number of phenolic OH excluding ortho intramolecular Hbond substituents is 1. The molecule has 0 atom stereocenters. The maximum atomic E-state index is 12.4. The van der Waals surface area contributed by atoms with E-state index in [0.717, 1.165) is 0 Å². The van der Waals surface area contributed by atoms with E-state index < -0.39 is 40.8 Å². The molecule has 0 saturated heterocycles. The Kier molecular flexibility index (Phi) is 6.97. The SMILES string of the molecule is CCS(=O)(=O)c1nc(Nc2cc(C(C)(C)C)c(O)c(C(C)(C)C)c2)nc(S(=O)(=O)CC)n1. The van der Waals surface area contributed by atoms with Gasteiger partial charge in [-0.1, -0.05) is 55.4 Å². The summed E-state index contributed by atoms with van der Waals surface area (Å²) in [7, 11) is -7.76. The highest BCUT2D eigenvalue weighted by Gasteiger charge is 2.28. The van der Waals surface area contributed by atoms with Gasteiger partial charge in [0.05, 0.1) is 11.5 Å². The molecule has 0 aliphatic carbocycles. The van der Waals surface area contributed by atoms with E-state index in [4.69, 9.17) is 0 Å². The lowest BCUT2D eigenvalue weighted by Crippen LogP contribution is -2.19. The second-order valence-corrected chi connectivity index (χ2v) is 13.9. The van der Waals surface area contributed by atoms with Crippen molar-refractivity contribution in [1.29, 1.82) is 0 Å². The average Bonchev–Trinajstić information content (AvgIpc) is 2.67. The van der Waals surface area contributed by atoms with Crippen molar-refractivity contribution in [2.45, 2.75) is 76.5 Å². The fourth-order valence-electron chi connectivity index (χ4n) is 2.91. The summed E-state index contributed by atoms with van der Waals surface area (Å²) >= 11 is 0. The quantitative estimate of drug-likeness (QED) is 0.589. The van der Waals surface area contributed by atoms with Crippen LogP contribution in [0.5, 0.6) is 5.75 Å². The third kappa shape index (κ3) is 5.55. The van der Waals surface area contributed by atoms with Crippen LogP contribution in [-0.2, 0) is 30.5 Å². The largest absolute Gasteiger partial charge is 0.507 e. The molecule has 1 aromatic heterocycles. The van der Waals surface area contributed by atoms with Crippen molar-refractivity contribution in [1.82, 2.24) is 15.0 Å². The van der Waals surface area contributed by atoms with Gasteiger partial charge >= 0.3 is 0 Å². The number of nitrogens with one attached hydrogen (secondary N) is 1. The minimum Gasteiger partial charge on any atom is -0.507 e. The first-order valence-corrected chi connectivity index (χ1v) is 13.6. The molecule has 0 radical (unpaired) electrons. The summed E-state index contributed by atoms with van der Waals surface area (Å²) in [6.45, 7) is 14.6. The van der Waals surface area contributed by atoms with Gasteiger partial charge in [0.15, 0.2) is 0 Å². The van der Waals surface area contributed by atoms with Crippen molar-refractivity contribution in [2.75, 3.05) is 16.8 Å². The van der Waals surface area contributed by atoms with Gasteiger partial charge in [-0.05, 0) is 23.0 Å². The first-order chi connectivity index (χ1) is 14.4. The van der Waals surface area contributed by atoms with Crippen molar-refractivity contribution in [3.63, 3.8) is 0 Å². The van der Waals surface area contributed by atoms with E-state index in [0.29, 0.717) is 16.8 Å². The summed E-state index contributed by atoms with van der Waals surface area (Å²) in [6, 6.07) is 3.44. The highest BCUT2D eigenvalue weighted by Crippen LogP contribution is 2.41. The van der Waals surface area contributed by atoms with Gasteiger partial charge in [-0.3, -0.25) is 0 Å². The number of aromatic nitrogens is 3. The topological polar surface area (TPSA) is 139 Å².